The monoisotopic (exact) mass is 372 g/mol. The average Bonchev–Trinajstić information content (AvgIpc) is 3.03. The molecule has 2 aliphatic heterocycles. The molecule has 0 unspecified atom stereocenters. The molecule has 1 aromatic rings. The summed E-state index contributed by atoms with van der Waals surface area (Å²) in [6, 6.07) is 0.785. The van der Waals surface area contributed by atoms with Gasteiger partial charge in [-0.3, -0.25) is 14.3 Å². The van der Waals surface area contributed by atoms with Crippen LogP contribution < -0.4 is 0 Å². The highest BCUT2D eigenvalue weighted by Crippen LogP contribution is 2.29. The van der Waals surface area contributed by atoms with Crippen LogP contribution in [0.2, 0.25) is 0 Å². The molecule has 0 radical (unpaired) electrons. The molecule has 0 aliphatic carbocycles. The van der Waals surface area contributed by atoms with Crippen LogP contribution >= 0.6 is 0 Å². The Morgan fingerprint density at radius 3 is 2.19 bits per heavy atom. The van der Waals surface area contributed by atoms with Crippen molar-refractivity contribution < 1.29 is 22.8 Å². The minimum absolute atomic E-state index is 0.0851. The van der Waals surface area contributed by atoms with Gasteiger partial charge in [0, 0.05) is 45.2 Å². The number of hydrogen-bond acceptors (Lipinski definition) is 3. The molecule has 2 aliphatic rings. The Hall–Kier alpha value is -2.06. The summed E-state index contributed by atoms with van der Waals surface area (Å²) in [4.78, 5) is 28.5. The first-order chi connectivity index (χ1) is 12.3. The predicted octanol–water partition coefficient (Wildman–Crippen LogP) is 2.30. The van der Waals surface area contributed by atoms with Crippen molar-refractivity contribution in [3.63, 3.8) is 0 Å². The van der Waals surface area contributed by atoms with Crippen LogP contribution in [0.5, 0.6) is 0 Å². The highest BCUT2D eigenvalue weighted by Gasteiger charge is 2.37. The summed E-state index contributed by atoms with van der Waals surface area (Å²) in [5.74, 6) is -0.425. The van der Waals surface area contributed by atoms with Gasteiger partial charge in [-0.05, 0) is 32.1 Å². The van der Waals surface area contributed by atoms with Crippen molar-refractivity contribution in [2.75, 3.05) is 26.2 Å². The van der Waals surface area contributed by atoms with E-state index in [2.05, 4.69) is 5.10 Å². The zero-order valence-electron chi connectivity index (χ0n) is 14.8. The molecule has 0 atom stereocenters. The van der Waals surface area contributed by atoms with Crippen LogP contribution in [0.25, 0.3) is 0 Å². The molecular weight excluding hydrogens is 349 g/mol. The molecule has 26 heavy (non-hydrogen) atoms. The maximum absolute atomic E-state index is 12.8. The third kappa shape index (κ3) is 3.86. The molecule has 3 rings (SSSR count). The van der Waals surface area contributed by atoms with E-state index in [0.717, 1.165) is 43.1 Å². The first-order valence-corrected chi connectivity index (χ1v) is 8.96. The van der Waals surface area contributed by atoms with Crippen molar-refractivity contribution in [1.29, 1.82) is 0 Å². The molecule has 144 valence electrons. The number of hydrogen-bond donors (Lipinski definition) is 0. The second kappa shape index (κ2) is 7.28. The number of piperidine rings is 2. The quantitative estimate of drug-likeness (QED) is 0.801. The molecule has 0 bridgehead atoms. The van der Waals surface area contributed by atoms with Gasteiger partial charge in [-0.1, -0.05) is 0 Å². The third-order valence-corrected chi connectivity index (χ3v) is 5.19. The fourth-order valence-corrected chi connectivity index (χ4v) is 3.67. The zero-order chi connectivity index (χ0) is 18.9. The van der Waals surface area contributed by atoms with Crippen LogP contribution in [0.1, 0.15) is 48.3 Å². The minimum Gasteiger partial charge on any atom is -0.342 e. The number of carbonyl (C=O) groups excluding carboxylic acids is 2. The zero-order valence-corrected chi connectivity index (χ0v) is 14.8. The Morgan fingerprint density at radius 1 is 1.04 bits per heavy atom. The lowest BCUT2D eigenvalue weighted by Gasteiger charge is -2.35. The lowest BCUT2D eigenvalue weighted by molar-refractivity contribution is -0.141. The number of aromatic nitrogens is 2. The number of aryl methyl sites for hydroxylation is 1. The smallest absolute Gasteiger partial charge is 0.342 e. The van der Waals surface area contributed by atoms with E-state index in [0.29, 0.717) is 25.9 Å². The summed E-state index contributed by atoms with van der Waals surface area (Å²) in [5, 5.41) is 3.39. The molecular formula is C17H23F3N4O2. The molecule has 9 heteroatoms. The van der Waals surface area contributed by atoms with E-state index in [9.17, 15) is 22.8 Å². The molecule has 0 spiro atoms. The van der Waals surface area contributed by atoms with Crippen molar-refractivity contribution in [3.05, 3.63) is 17.5 Å². The van der Waals surface area contributed by atoms with E-state index in [1.807, 2.05) is 4.90 Å². The van der Waals surface area contributed by atoms with E-state index in [-0.39, 0.29) is 17.5 Å². The van der Waals surface area contributed by atoms with Crippen LogP contribution in [0.3, 0.4) is 0 Å². The largest absolute Gasteiger partial charge is 0.435 e. The first-order valence-electron chi connectivity index (χ1n) is 8.96. The van der Waals surface area contributed by atoms with Gasteiger partial charge in [0.2, 0.25) is 5.91 Å². The van der Waals surface area contributed by atoms with Crippen molar-refractivity contribution >= 4 is 11.8 Å². The number of likely N-dealkylation sites (tertiary alicyclic amines) is 2. The van der Waals surface area contributed by atoms with Gasteiger partial charge in [-0.15, -0.1) is 0 Å². The number of rotatable bonds is 2. The molecule has 3 heterocycles. The standard InChI is InChI=1S/C17H23F3N4O2/c1-22-13(11-14(21-22)17(18,19)20)16(26)24-9-5-12(6-10-24)15(25)23-7-3-2-4-8-23/h11-12H,2-10H2,1H3. The second-order valence-corrected chi connectivity index (χ2v) is 6.99. The van der Waals surface area contributed by atoms with E-state index in [4.69, 9.17) is 0 Å². The molecule has 1 aromatic heterocycles. The van der Waals surface area contributed by atoms with Gasteiger partial charge in [0.1, 0.15) is 5.69 Å². The van der Waals surface area contributed by atoms with Crippen LogP contribution in [0.4, 0.5) is 13.2 Å². The van der Waals surface area contributed by atoms with Crippen molar-refractivity contribution in [2.24, 2.45) is 13.0 Å². The fourth-order valence-electron chi connectivity index (χ4n) is 3.67. The average molecular weight is 372 g/mol. The van der Waals surface area contributed by atoms with E-state index >= 15 is 0 Å². The van der Waals surface area contributed by atoms with Gasteiger partial charge in [-0.25, -0.2) is 0 Å². The molecule has 0 saturated carbocycles. The highest BCUT2D eigenvalue weighted by atomic mass is 19.4. The Balaban J connectivity index is 1.60. The molecule has 2 amide bonds. The van der Waals surface area contributed by atoms with Crippen LogP contribution in [0, 0.1) is 5.92 Å². The lowest BCUT2D eigenvalue weighted by Crippen LogP contribution is -2.46. The van der Waals surface area contributed by atoms with E-state index < -0.39 is 17.8 Å². The maximum atomic E-state index is 12.8. The van der Waals surface area contributed by atoms with Gasteiger partial charge < -0.3 is 9.80 Å². The van der Waals surface area contributed by atoms with E-state index in [1.165, 1.54) is 11.9 Å². The fraction of sp³-hybridized carbons (Fsp3) is 0.706. The van der Waals surface area contributed by atoms with Gasteiger partial charge in [0.25, 0.3) is 5.91 Å². The SMILES string of the molecule is Cn1nc(C(F)(F)F)cc1C(=O)N1CCC(C(=O)N2CCCCC2)CC1. The van der Waals surface area contributed by atoms with E-state index in [1.54, 1.807) is 0 Å². The topological polar surface area (TPSA) is 58.4 Å². The third-order valence-electron chi connectivity index (χ3n) is 5.19. The Bertz CT molecular complexity index is 672. The number of nitrogens with zero attached hydrogens (tertiary/aromatic N) is 4. The summed E-state index contributed by atoms with van der Waals surface area (Å²) in [7, 11) is 1.33. The highest BCUT2D eigenvalue weighted by molar-refractivity contribution is 5.93. The van der Waals surface area contributed by atoms with Crippen LogP contribution in [-0.2, 0) is 18.0 Å². The number of carbonyl (C=O) groups is 2. The van der Waals surface area contributed by atoms with Gasteiger partial charge >= 0.3 is 6.18 Å². The molecule has 2 fully saturated rings. The number of amides is 2. The normalized spacial score (nSPS) is 19.7. The second-order valence-electron chi connectivity index (χ2n) is 6.99. The van der Waals surface area contributed by atoms with Crippen molar-refractivity contribution in [2.45, 2.75) is 38.3 Å². The molecule has 0 N–H and O–H groups in total. The van der Waals surface area contributed by atoms with Crippen LogP contribution in [-0.4, -0.2) is 57.6 Å². The van der Waals surface area contributed by atoms with Crippen molar-refractivity contribution in [1.82, 2.24) is 19.6 Å². The number of alkyl halides is 3. The summed E-state index contributed by atoms with van der Waals surface area (Å²) >= 11 is 0. The summed E-state index contributed by atoms with van der Waals surface area (Å²) in [6.07, 6.45) is -0.266. The van der Waals surface area contributed by atoms with Crippen LogP contribution in [0.15, 0.2) is 6.07 Å². The summed E-state index contributed by atoms with van der Waals surface area (Å²) < 4.78 is 39.3. The van der Waals surface area contributed by atoms with Crippen molar-refractivity contribution in [3.8, 4) is 0 Å². The Kier molecular flexibility index (Phi) is 5.24. The minimum atomic E-state index is -4.58. The van der Waals surface area contributed by atoms with Gasteiger partial charge in [0.15, 0.2) is 5.69 Å². The molecule has 2 saturated heterocycles. The summed E-state index contributed by atoms with van der Waals surface area (Å²) in [5.41, 5.74) is -1.16. The van der Waals surface area contributed by atoms with Gasteiger partial charge in [-0.2, -0.15) is 18.3 Å². The number of halogens is 3. The first kappa shape index (κ1) is 18.7. The Morgan fingerprint density at radius 2 is 1.65 bits per heavy atom. The lowest BCUT2D eigenvalue weighted by atomic mass is 9.94. The summed E-state index contributed by atoms with van der Waals surface area (Å²) in [6.45, 7) is 2.34. The predicted molar refractivity (Wildman–Crippen MR) is 87.3 cm³/mol. The Labute approximate surface area is 149 Å². The van der Waals surface area contributed by atoms with Gasteiger partial charge in [0.05, 0.1) is 0 Å². The molecule has 0 aromatic carbocycles. The molecule has 6 nitrogen and oxygen atoms in total. The maximum Gasteiger partial charge on any atom is 0.435 e.